The van der Waals surface area contributed by atoms with Crippen molar-refractivity contribution in [1.29, 1.82) is 0 Å². The molecule has 0 amide bonds. The Kier molecular flexibility index (Phi) is 8.69. The molecule has 0 spiro atoms. The number of hydrogen-bond acceptors (Lipinski definition) is 6. The maximum atomic E-state index is 11.9. The van der Waals surface area contributed by atoms with Crippen molar-refractivity contribution in [2.24, 2.45) is 0 Å². The maximum Gasteiger partial charge on any atom is 0.243 e. The van der Waals surface area contributed by atoms with Crippen molar-refractivity contribution < 1.29 is 9.52 Å². The molecule has 4 aromatic heterocycles. The zero-order valence-electron chi connectivity index (χ0n) is 34.5. The molecule has 294 valence electrons. The lowest BCUT2D eigenvalue weighted by atomic mass is 9.83. The molecule has 4 heterocycles. The summed E-state index contributed by atoms with van der Waals surface area (Å²) in [7, 11) is -1.72. The fraction of sp³-hybridized carbons (Fsp3) is 0.137. The Morgan fingerprint density at radius 2 is 1.40 bits per heavy atom. The van der Waals surface area contributed by atoms with Gasteiger partial charge in [0.05, 0.1) is 30.5 Å². The van der Waals surface area contributed by atoms with E-state index in [2.05, 4.69) is 171 Å². The second-order valence-corrected chi connectivity index (χ2v) is 22.6. The summed E-state index contributed by atoms with van der Waals surface area (Å²) < 4.78 is 10.3. The summed E-state index contributed by atoms with van der Waals surface area (Å²) in [5.41, 5.74) is 14.1. The highest BCUT2D eigenvalue weighted by Crippen LogP contribution is 2.44. The van der Waals surface area contributed by atoms with Gasteiger partial charge in [0.25, 0.3) is 0 Å². The molecule has 8 nitrogen and oxygen atoms in total. The highest BCUT2D eigenvalue weighted by Gasteiger charge is 2.28. The minimum absolute atomic E-state index is 0.0481. The van der Waals surface area contributed by atoms with Crippen LogP contribution in [0.15, 0.2) is 156 Å². The SMILES string of the molecule is CC(C)(C)c1cc(-c2cc(-c3ccccc3)ccn2)cc(-c2cccc3c2nc(-c2c(O)ccc4c2oc2cnnn24)n3-c2ccc([Si](C)(C)C)cc2-c2ccccc2)c1. The lowest BCUT2D eigenvalue weighted by Crippen LogP contribution is -2.37. The van der Waals surface area contributed by atoms with Crippen LogP contribution in [0.5, 0.6) is 5.75 Å². The Morgan fingerprint density at radius 3 is 2.15 bits per heavy atom. The average molecular weight is 801 g/mol. The minimum atomic E-state index is -1.72. The number of phenols is 1. The van der Waals surface area contributed by atoms with Gasteiger partial charge in [0.1, 0.15) is 23.0 Å². The van der Waals surface area contributed by atoms with E-state index < -0.39 is 8.07 Å². The first-order valence-electron chi connectivity index (χ1n) is 20.3. The molecule has 0 atom stereocenters. The Morgan fingerprint density at radius 1 is 0.650 bits per heavy atom. The number of fused-ring (bicyclic) bond motifs is 4. The van der Waals surface area contributed by atoms with E-state index in [-0.39, 0.29) is 11.2 Å². The second-order valence-electron chi connectivity index (χ2n) is 17.5. The zero-order valence-corrected chi connectivity index (χ0v) is 35.5. The number of pyridine rings is 1. The number of hydrogen-bond donors (Lipinski definition) is 1. The van der Waals surface area contributed by atoms with E-state index in [9.17, 15) is 5.11 Å². The summed E-state index contributed by atoms with van der Waals surface area (Å²) in [6, 6.07) is 48.6. The van der Waals surface area contributed by atoms with E-state index in [0.717, 1.165) is 61.4 Å². The fourth-order valence-corrected chi connectivity index (χ4v) is 9.33. The van der Waals surface area contributed by atoms with Crippen LogP contribution in [0, 0.1) is 0 Å². The molecule has 0 saturated carbocycles. The number of phenolic OH excluding ortho intramolecular Hbond substituents is 1. The molecule has 6 aromatic carbocycles. The molecule has 10 rings (SSSR count). The number of oxazole rings is 1. The first kappa shape index (κ1) is 37.2. The highest BCUT2D eigenvalue weighted by atomic mass is 28.3. The van der Waals surface area contributed by atoms with Gasteiger partial charge in [-0.3, -0.25) is 9.55 Å². The number of imidazole rings is 1. The van der Waals surface area contributed by atoms with Gasteiger partial charge in [0, 0.05) is 22.9 Å². The first-order chi connectivity index (χ1) is 28.9. The summed E-state index contributed by atoms with van der Waals surface area (Å²) in [5.74, 6) is 0.597. The summed E-state index contributed by atoms with van der Waals surface area (Å²) in [5, 5.41) is 21.6. The van der Waals surface area contributed by atoms with E-state index >= 15 is 0 Å². The van der Waals surface area contributed by atoms with Crippen molar-refractivity contribution in [2.45, 2.75) is 45.8 Å². The van der Waals surface area contributed by atoms with Gasteiger partial charge in [-0.15, -0.1) is 5.10 Å². The van der Waals surface area contributed by atoms with Crippen molar-refractivity contribution >= 4 is 41.1 Å². The highest BCUT2D eigenvalue weighted by molar-refractivity contribution is 6.88. The monoisotopic (exact) mass is 800 g/mol. The van der Waals surface area contributed by atoms with Crippen LogP contribution in [0.2, 0.25) is 19.6 Å². The van der Waals surface area contributed by atoms with E-state index in [4.69, 9.17) is 14.4 Å². The molecule has 10 aromatic rings. The van der Waals surface area contributed by atoms with Gasteiger partial charge in [-0.05, 0) is 81.8 Å². The smallest absolute Gasteiger partial charge is 0.243 e. The van der Waals surface area contributed by atoms with Gasteiger partial charge < -0.3 is 9.52 Å². The van der Waals surface area contributed by atoms with Gasteiger partial charge in [-0.2, -0.15) is 4.52 Å². The van der Waals surface area contributed by atoms with Crippen LogP contribution in [-0.4, -0.2) is 42.5 Å². The number of aromatic nitrogens is 6. The van der Waals surface area contributed by atoms with Gasteiger partial charge in [-0.25, -0.2) is 4.98 Å². The molecule has 60 heavy (non-hydrogen) atoms. The Bertz CT molecular complexity index is 3240. The van der Waals surface area contributed by atoms with Gasteiger partial charge in [0.2, 0.25) is 5.71 Å². The van der Waals surface area contributed by atoms with Crippen molar-refractivity contribution in [2.75, 3.05) is 0 Å². The molecular weight excluding hydrogens is 757 g/mol. The topological polar surface area (TPSA) is 94.3 Å². The van der Waals surface area contributed by atoms with Crippen LogP contribution in [0.1, 0.15) is 26.3 Å². The number of benzene rings is 6. The van der Waals surface area contributed by atoms with E-state index in [1.807, 2.05) is 18.3 Å². The van der Waals surface area contributed by atoms with Crippen LogP contribution in [-0.2, 0) is 5.41 Å². The number of nitrogens with zero attached hydrogens (tertiary/aromatic N) is 6. The van der Waals surface area contributed by atoms with Crippen molar-refractivity contribution in [3.63, 3.8) is 0 Å². The Balaban J connectivity index is 1.27. The van der Waals surface area contributed by atoms with Gasteiger partial charge >= 0.3 is 0 Å². The molecule has 1 N–H and O–H groups in total. The molecule has 0 aliphatic heterocycles. The molecule has 0 bridgehead atoms. The predicted octanol–water partition coefficient (Wildman–Crippen LogP) is 12.1. The summed E-state index contributed by atoms with van der Waals surface area (Å²) in [4.78, 5) is 10.4. The van der Waals surface area contributed by atoms with Crippen LogP contribution < -0.4 is 5.19 Å². The van der Waals surface area contributed by atoms with E-state index in [0.29, 0.717) is 28.2 Å². The third kappa shape index (κ3) is 6.38. The molecule has 0 aliphatic rings. The van der Waals surface area contributed by atoms with Crippen molar-refractivity contribution in [1.82, 2.24) is 29.4 Å². The number of para-hydroxylation sites is 1. The lowest BCUT2D eigenvalue weighted by molar-refractivity contribution is 0.476. The maximum absolute atomic E-state index is 11.9. The minimum Gasteiger partial charge on any atom is -0.507 e. The lowest BCUT2D eigenvalue weighted by Gasteiger charge is -2.22. The standard InChI is InChI=1S/C51H44N6O2Si/c1-51(2,3)37-27-35(26-36(28-37)41-29-34(24-25-52-41)32-14-9-7-10-15-32)39-18-13-19-43-48(39)54-50(47-45(58)23-22-44-49(47)59-46-31-53-55-57(44)46)56(43)42-21-20-38(60(4,5)6)30-40(42)33-16-11-8-12-17-33/h7-31,58H,1-6H3. The third-order valence-corrected chi connectivity index (χ3v) is 13.5. The first-order valence-corrected chi connectivity index (χ1v) is 23.8. The van der Waals surface area contributed by atoms with Crippen LogP contribution in [0.4, 0.5) is 0 Å². The summed E-state index contributed by atoms with van der Waals surface area (Å²) in [6.45, 7) is 13.8. The fourth-order valence-electron chi connectivity index (χ4n) is 8.17. The largest absolute Gasteiger partial charge is 0.507 e. The van der Waals surface area contributed by atoms with Crippen LogP contribution in [0.25, 0.3) is 89.6 Å². The van der Waals surface area contributed by atoms with Crippen molar-refractivity contribution in [3.05, 3.63) is 157 Å². The second kappa shape index (κ2) is 14.0. The van der Waals surface area contributed by atoms with E-state index in [1.165, 1.54) is 10.8 Å². The van der Waals surface area contributed by atoms with Crippen LogP contribution in [0.3, 0.4) is 0 Å². The van der Waals surface area contributed by atoms with Gasteiger partial charge in [0.15, 0.2) is 11.4 Å². The molecule has 0 radical (unpaired) electrons. The summed E-state index contributed by atoms with van der Waals surface area (Å²) >= 11 is 0. The van der Waals surface area contributed by atoms with E-state index in [1.54, 1.807) is 22.8 Å². The van der Waals surface area contributed by atoms with Crippen LogP contribution >= 0.6 is 0 Å². The molecule has 9 heteroatoms. The summed E-state index contributed by atoms with van der Waals surface area (Å²) in [6.07, 6.45) is 3.47. The molecule has 0 fully saturated rings. The average Bonchev–Trinajstić information content (AvgIpc) is 3.97. The zero-order chi connectivity index (χ0) is 41.3. The quantitative estimate of drug-likeness (QED) is 0.161. The predicted molar refractivity (Wildman–Crippen MR) is 246 cm³/mol. The Hall–Kier alpha value is -7.10. The Labute approximate surface area is 349 Å². The number of aromatic hydroxyl groups is 1. The van der Waals surface area contributed by atoms with Gasteiger partial charge in [-0.1, -0.05) is 142 Å². The molecule has 0 saturated heterocycles. The molecule has 0 aliphatic carbocycles. The third-order valence-electron chi connectivity index (χ3n) is 11.4. The normalized spacial score (nSPS) is 12.2. The number of rotatable bonds is 7. The molecular formula is C51H44N6O2Si. The molecule has 0 unspecified atom stereocenters. The van der Waals surface area contributed by atoms with Crippen molar-refractivity contribution in [3.8, 4) is 67.5 Å².